The van der Waals surface area contributed by atoms with E-state index >= 15 is 0 Å². The number of carbonyl (C=O) groups is 3. The SMILES string of the molecule is Cc1c(C)c(C)c(CNC(=O)CN2C(=O)N[C@](C)(C3CC3)C2=O)c(C)c1C. The average molecular weight is 371 g/mol. The molecule has 0 bridgehead atoms. The molecular weight excluding hydrogens is 342 g/mol. The van der Waals surface area contributed by atoms with Crippen molar-refractivity contribution in [1.82, 2.24) is 15.5 Å². The highest BCUT2D eigenvalue weighted by Gasteiger charge is 2.56. The van der Waals surface area contributed by atoms with E-state index in [2.05, 4.69) is 45.3 Å². The maximum atomic E-state index is 12.6. The van der Waals surface area contributed by atoms with Gasteiger partial charge in [0.15, 0.2) is 0 Å². The number of hydrogen-bond acceptors (Lipinski definition) is 3. The smallest absolute Gasteiger partial charge is 0.325 e. The number of hydrogen-bond donors (Lipinski definition) is 2. The van der Waals surface area contributed by atoms with E-state index in [9.17, 15) is 14.4 Å². The summed E-state index contributed by atoms with van der Waals surface area (Å²) in [6.07, 6.45) is 1.88. The number of amides is 4. The molecular formula is C21H29N3O3. The van der Waals surface area contributed by atoms with E-state index in [0.717, 1.165) is 23.3 Å². The van der Waals surface area contributed by atoms with Crippen LogP contribution in [-0.2, 0) is 16.1 Å². The van der Waals surface area contributed by atoms with Crippen molar-refractivity contribution in [3.8, 4) is 0 Å². The van der Waals surface area contributed by atoms with E-state index in [1.54, 1.807) is 6.92 Å². The van der Waals surface area contributed by atoms with E-state index in [1.165, 1.54) is 27.8 Å². The molecule has 1 saturated carbocycles. The second-order valence-electron chi connectivity index (χ2n) is 8.18. The third kappa shape index (κ3) is 3.22. The third-order valence-electron chi connectivity index (χ3n) is 6.61. The summed E-state index contributed by atoms with van der Waals surface area (Å²) >= 11 is 0. The molecule has 4 amide bonds. The molecule has 1 aromatic rings. The molecule has 1 aliphatic heterocycles. The Kier molecular flexibility index (Phi) is 4.78. The van der Waals surface area contributed by atoms with Gasteiger partial charge in [-0.1, -0.05) is 0 Å². The molecule has 0 spiro atoms. The molecule has 0 aromatic heterocycles. The minimum atomic E-state index is -0.851. The lowest BCUT2D eigenvalue weighted by molar-refractivity contribution is -0.135. The van der Waals surface area contributed by atoms with E-state index in [0.29, 0.717) is 6.54 Å². The third-order valence-corrected chi connectivity index (χ3v) is 6.61. The van der Waals surface area contributed by atoms with Crippen LogP contribution in [-0.4, -0.2) is 34.8 Å². The van der Waals surface area contributed by atoms with Gasteiger partial charge >= 0.3 is 6.03 Å². The molecule has 1 saturated heterocycles. The molecule has 6 heteroatoms. The number of rotatable bonds is 5. The van der Waals surface area contributed by atoms with Gasteiger partial charge in [-0.15, -0.1) is 0 Å². The first-order chi connectivity index (χ1) is 12.6. The predicted molar refractivity (Wildman–Crippen MR) is 103 cm³/mol. The molecule has 0 radical (unpaired) electrons. The second-order valence-corrected chi connectivity index (χ2v) is 8.18. The predicted octanol–water partition coefficient (Wildman–Crippen LogP) is 2.57. The van der Waals surface area contributed by atoms with Crippen molar-refractivity contribution in [1.29, 1.82) is 0 Å². The Bertz CT molecular complexity index is 813. The highest BCUT2D eigenvalue weighted by molar-refractivity contribution is 6.09. The Labute approximate surface area is 160 Å². The Morgan fingerprint density at radius 2 is 1.56 bits per heavy atom. The molecule has 146 valence electrons. The van der Waals surface area contributed by atoms with Gasteiger partial charge in [0, 0.05) is 6.54 Å². The lowest BCUT2D eigenvalue weighted by atomic mass is 9.89. The molecule has 1 aliphatic carbocycles. The van der Waals surface area contributed by atoms with Crippen molar-refractivity contribution in [3.63, 3.8) is 0 Å². The number of urea groups is 1. The van der Waals surface area contributed by atoms with Gasteiger partial charge < -0.3 is 10.6 Å². The Morgan fingerprint density at radius 1 is 1.04 bits per heavy atom. The molecule has 2 fully saturated rings. The largest absolute Gasteiger partial charge is 0.350 e. The summed E-state index contributed by atoms with van der Waals surface area (Å²) in [5.41, 5.74) is 6.34. The van der Waals surface area contributed by atoms with Crippen molar-refractivity contribution in [2.45, 2.75) is 66.5 Å². The summed E-state index contributed by atoms with van der Waals surface area (Å²) in [5.74, 6) is -0.432. The van der Waals surface area contributed by atoms with Crippen LogP contribution in [0.5, 0.6) is 0 Å². The van der Waals surface area contributed by atoms with Crippen LogP contribution >= 0.6 is 0 Å². The molecule has 27 heavy (non-hydrogen) atoms. The fourth-order valence-corrected chi connectivity index (χ4v) is 4.03. The van der Waals surface area contributed by atoms with E-state index in [-0.39, 0.29) is 24.3 Å². The highest BCUT2D eigenvalue weighted by Crippen LogP contribution is 2.42. The number of imide groups is 1. The maximum Gasteiger partial charge on any atom is 0.325 e. The van der Waals surface area contributed by atoms with Gasteiger partial charge in [0.05, 0.1) is 0 Å². The monoisotopic (exact) mass is 371 g/mol. The van der Waals surface area contributed by atoms with Crippen molar-refractivity contribution < 1.29 is 14.4 Å². The molecule has 1 heterocycles. The van der Waals surface area contributed by atoms with Crippen LogP contribution in [0.3, 0.4) is 0 Å². The van der Waals surface area contributed by atoms with Crippen molar-refractivity contribution in [3.05, 3.63) is 33.4 Å². The minimum Gasteiger partial charge on any atom is -0.350 e. The van der Waals surface area contributed by atoms with Crippen molar-refractivity contribution in [2.75, 3.05) is 6.54 Å². The van der Waals surface area contributed by atoms with Gasteiger partial charge in [0.1, 0.15) is 12.1 Å². The Balaban J connectivity index is 1.68. The van der Waals surface area contributed by atoms with Crippen LogP contribution in [0.15, 0.2) is 0 Å². The first kappa shape index (κ1) is 19.4. The first-order valence-electron chi connectivity index (χ1n) is 9.54. The lowest BCUT2D eigenvalue weighted by Crippen LogP contribution is -2.47. The molecule has 1 atom stereocenters. The molecule has 3 rings (SSSR count). The van der Waals surface area contributed by atoms with Gasteiger partial charge in [-0.2, -0.15) is 0 Å². The topological polar surface area (TPSA) is 78.5 Å². The summed E-state index contributed by atoms with van der Waals surface area (Å²) in [7, 11) is 0. The maximum absolute atomic E-state index is 12.6. The van der Waals surface area contributed by atoms with E-state index in [4.69, 9.17) is 0 Å². The Morgan fingerprint density at radius 3 is 2.07 bits per heavy atom. The zero-order chi connectivity index (χ0) is 20.1. The lowest BCUT2D eigenvalue weighted by Gasteiger charge is -2.21. The summed E-state index contributed by atoms with van der Waals surface area (Å²) in [4.78, 5) is 38.3. The molecule has 2 aliphatic rings. The summed E-state index contributed by atoms with van der Waals surface area (Å²) in [5, 5.41) is 5.65. The van der Waals surface area contributed by atoms with Crippen LogP contribution in [0.2, 0.25) is 0 Å². The summed E-state index contributed by atoms with van der Waals surface area (Å²) < 4.78 is 0. The van der Waals surface area contributed by atoms with Gasteiger partial charge in [0.2, 0.25) is 5.91 Å². The first-order valence-corrected chi connectivity index (χ1v) is 9.54. The van der Waals surface area contributed by atoms with Gasteiger partial charge in [-0.05, 0) is 93.7 Å². The summed E-state index contributed by atoms with van der Waals surface area (Å²) in [6.45, 7) is 12.3. The number of carbonyl (C=O) groups excluding carboxylic acids is 3. The quantitative estimate of drug-likeness (QED) is 0.781. The molecule has 2 N–H and O–H groups in total. The number of nitrogens with one attached hydrogen (secondary N) is 2. The van der Waals surface area contributed by atoms with E-state index < -0.39 is 11.6 Å². The van der Waals surface area contributed by atoms with Crippen LogP contribution in [0, 0.1) is 40.5 Å². The van der Waals surface area contributed by atoms with Crippen molar-refractivity contribution >= 4 is 17.8 Å². The normalized spacial score (nSPS) is 22.2. The van der Waals surface area contributed by atoms with Crippen LogP contribution in [0.1, 0.15) is 53.1 Å². The van der Waals surface area contributed by atoms with Crippen LogP contribution < -0.4 is 10.6 Å². The molecule has 0 unspecified atom stereocenters. The van der Waals surface area contributed by atoms with Gasteiger partial charge in [-0.25, -0.2) is 4.79 Å². The molecule has 6 nitrogen and oxygen atoms in total. The fourth-order valence-electron chi connectivity index (χ4n) is 4.03. The minimum absolute atomic E-state index is 0.186. The second kappa shape index (κ2) is 6.66. The zero-order valence-electron chi connectivity index (χ0n) is 17.1. The van der Waals surface area contributed by atoms with Crippen LogP contribution in [0.25, 0.3) is 0 Å². The zero-order valence-corrected chi connectivity index (χ0v) is 17.1. The van der Waals surface area contributed by atoms with Crippen LogP contribution in [0.4, 0.5) is 4.79 Å². The van der Waals surface area contributed by atoms with Gasteiger partial charge in [0.25, 0.3) is 5.91 Å². The number of nitrogens with zero attached hydrogens (tertiary/aromatic N) is 1. The van der Waals surface area contributed by atoms with Gasteiger partial charge in [-0.3, -0.25) is 14.5 Å². The Hall–Kier alpha value is -2.37. The summed E-state index contributed by atoms with van der Waals surface area (Å²) in [6, 6.07) is -0.473. The van der Waals surface area contributed by atoms with Crippen molar-refractivity contribution in [2.24, 2.45) is 5.92 Å². The molecule has 1 aromatic carbocycles. The average Bonchev–Trinajstić information content (AvgIpc) is 3.44. The standard InChI is InChI=1S/C21H29N3O3/c1-11-12(2)14(4)17(15(5)13(11)3)9-22-18(25)10-24-19(26)21(6,16-7-8-16)23-20(24)27/h16H,7-10H2,1-6H3,(H,22,25)(H,23,27)/t21-/m1/s1. The fraction of sp³-hybridized carbons (Fsp3) is 0.571. The number of benzene rings is 1. The van der Waals surface area contributed by atoms with E-state index in [1.807, 2.05) is 0 Å². The highest BCUT2D eigenvalue weighted by atomic mass is 16.2.